The topological polar surface area (TPSA) is 106 Å². The largest absolute Gasteiger partial charge is 0.472 e. The number of urea groups is 1. The number of benzene rings is 1. The molecule has 190 valence electrons. The number of nitrogens with zero attached hydrogens (tertiary/aromatic N) is 5. The molecule has 0 bridgehead atoms. The minimum Gasteiger partial charge on any atom is -0.472 e. The van der Waals surface area contributed by atoms with Crippen LogP contribution in [0.3, 0.4) is 0 Å². The molecular weight excluding hydrogens is 460 g/mol. The number of nitro groups is 1. The molecule has 10 heteroatoms. The Balaban J connectivity index is 1.19. The average molecular weight is 493 g/mol. The molecule has 10 nitrogen and oxygen atoms in total. The maximum Gasteiger partial charge on any atom is 0.320 e. The van der Waals surface area contributed by atoms with E-state index in [1.165, 1.54) is 0 Å². The van der Waals surface area contributed by atoms with Crippen LogP contribution in [0.5, 0.6) is 0 Å². The molecule has 0 radical (unpaired) electrons. The van der Waals surface area contributed by atoms with E-state index in [0.29, 0.717) is 25.1 Å². The number of anilines is 1. The Hall–Kier alpha value is -3.82. The quantitative estimate of drug-likeness (QED) is 0.512. The lowest BCUT2D eigenvalue weighted by Crippen LogP contribution is -2.56. The van der Waals surface area contributed by atoms with Crippen LogP contribution in [0.4, 0.5) is 10.5 Å². The highest BCUT2D eigenvalue weighted by molar-refractivity contribution is 5.75. The minimum atomic E-state index is -0.904. The van der Waals surface area contributed by atoms with E-state index in [1.54, 1.807) is 19.4 Å². The third-order valence-corrected chi connectivity index (χ3v) is 7.78. The number of carbonyl (C=O) groups is 1. The normalized spacial score (nSPS) is 26.1. The zero-order valence-electron chi connectivity index (χ0n) is 21.1. The van der Waals surface area contributed by atoms with Gasteiger partial charge >= 0.3 is 6.03 Å². The summed E-state index contributed by atoms with van der Waals surface area (Å²) in [6, 6.07) is 8.13. The van der Waals surface area contributed by atoms with Crippen molar-refractivity contribution in [2.45, 2.75) is 39.8 Å². The van der Waals surface area contributed by atoms with Crippen LogP contribution in [-0.4, -0.2) is 57.3 Å². The fourth-order valence-corrected chi connectivity index (χ4v) is 5.64. The van der Waals surface area contributed by atoms with Crippen molar-refractivity contribution in [3.63, 3.8) is 0 Å². The third-order valence-electron chi connectivity index (χ3n) is 7.78. The summed E-state index contributed by atoms with van der Waals surface area (Å²) in [6.07, 6.45) is 5.94. The number of allylic oxidation sites excluding steroid dienone is 4. The summed E-state index contributed by atoms with van der Waals surface area (Å²) < 4.78 is 8.24. The Morgan fingerprint density at radius 3 is 2.42 bits per heavy atom. The van der Waals surface area contributed by atoms with Gasteiger partial charge in [0, 0.05) is 67.9 Å². The Bertz CT molecular complexity index is 1230. The van der Waals surface area contributed by atoms with Crippen molar-refractivity contribution in [2.75, 3.05) is 31.1 Å². The molecule has 2 aliphatic heterocycles. The Kier molecular flexibility index (Phi) is 5.97. The van der Waals surface area contributed by atoms with Crippen LogP contribution in [0.2, 0.25) is 0 Å². The maximum atomic E-state index is 13.2. The molecule has 3 unspecified atom stereocenters. The van der Waals surface area contributed by atoms with Gasteiger partial charge in [-0.2, -0.15) is 0 Å². The smallest absolute Gasteiger partial charge is 0.320 e. The van der Waals surface area contributed by atoms with Gasteiger partial charge in [-0.1, -0.05) is 6.92 Å². The van der Waals surface area contributed by atoms with Crippen LogP contribution in [0.15, 0.2) is 65.6 Å². The number of amides is 2. The standard InChI is InChI=1S/C26H32N6O4/c1-17-18(2)24-22(19(3)23(17)32(34)35)15-26(4,36-24)28-25(33)30-13-11-29(12-14-30)20-5-7-21(8-6-20)31-10-9-27-16-31/h5-10,16,19,22H,11-15H2,1-4H3,(H,28,33). The zero-order chi connectivity index (χ0) is 25.6. The van der Waals surface area contributed by atoms with Gasteiger partial charge < -0.3 is 24.4 Å². The van der Waals surface area contributed by atoms with E-state index in [0.717, 1.165) is 35.8 Å². The number of ether oxygens (including phenoxy) is 1. The van der Waals surface area contributed by atoms with Crippen LogP contribution in [-0.2, 0) is 4.74 Å². The van der Waals surface area contributed by atoms with E-state index in [-0.39, 0.29) is 28.5 Å². The van der Waals surface area contributed by atoms with Gasteiger partial charge in [0.05, 0.1) is 17.2 Å². The van der Waals surface area contributed by atoms with E-state index in [2.05, 4.69) is 39.5 Å². The van der Waals surface area contributed by atoms with Gasteiger partial charge in [-0.15, -0.1) is 0 Å². The Labute approximate surface area is 210 Å². The molecule has 5 rings (SSSR count). The fourth-order valence-electron chi connectivity index (χ4n) is 5.64. The molecular formula is C26H32N6O4. The van der Waals surface area contributed by atoms with Gasteiger partial charge in [0.2, 0.25) is 0 Å². The maximum absolute atomic E-state index is 13.2. The molecule has 3 atom stereocenters. The lowest BCUT2D eigenvalue weighted by molar-refractivity contribution is -0.436. The van der Waals surface area contributed by atoms with E-state index < -0.39 is 5.72 Å². The summed E-state index contributed by atoms with van der Waals surface area (Å²) in [5.74, 6) is 0.361. The van der Waals surface area contributed by atoms with E-state index >= 15 is 0 Å². The number of aromatic nitrogens is 2. The second kappa shape index (κ2) is 9.00. The van der Waals surface area contributed by atoms with Crippen LogP contribution in [0.1, 0.15) is 34.1 Å². The van der Waals surface area contributed by atoms with Crippen LogP contribution in [0, 0.1) is 22.0 Å². The van der Waals surface area contributed by atoms with Gasteiger partial charge in [-0.25, -0.2) is 9.78 Å². The SMILES string of the molecule is CC1=C2OC(C)(NC(=O)N3CCN(c4ccc(-n5ccnc5)cc4)CC3)CC2C(C)C([N+](=O)[O-])=C1C. The molecule has 36 heavy (non-hydrogen) atoms. The lowest BCUT2D eigenvalue weighted by atomic mass is 9.78. The number of imidazole rings is 1. The molecule has 2 saturated heterocycles. The molecule has 0 spiro atoms. The lowest BCUT2D eigenvalue weighted by Gasteiger charge is -2.37. The van der Waals surface area contributed by atoms with E-state index in [4.69, 9.17) is 4.74 Å². The molecule has 2 amide bonds. The zero-order valence-corrected chi connectivity index (χ0v) is 21.1. The predicted molar refractivity (Wildman–Crippen MR) is 135 cm³/mol. The van der Waals surface area contributed by atoms with Gasteiger partial charge in [0.25, 0.3) is 5.70 Å². The van der Waals surface area contributed by atoms with Gasteiger partial charge in [-0.3, -0.25) is 10.1 Å². The molecule has 3 heterocycles. The number of piperazine rings is 1. The number of fused-ring (bicyclic) bond motifs is 1. The van der Waals surface area contributed by atoms with Crippen LogP contribution < -0.4 is 10.2 Å². The second-order valence-corrected chi connectivity index (χ2v) is 10.1. The first kappa shape index (κ1) is 23.9. The first-order valence-corrected chi connectivity index (χ1v) is 12.3. The second-order valence-electron chi connectivity index (χ2n) is 10.1. The fraction of sp³-hybridized carbons (Fsp3) is 0.462. The summed E-state index contributed by atoms with van der Waals surface area (Å²) in [4.78, 5) is 32.7. The van der Waals surface area contributed by atoms with Crippen molar-refractivity contribution < 1.29 is 14.5 Å². The number of hydrogen-bond donors (Lipinski definition) is 1. The van der Waals surface area contributed by atoms with Crippen molar-refractivity contribution in [1.82, 2.24) is 19.8 Å². The molecule has 1 aromatic carbocycles. The number of rotatable bonds is 4. The molecule has 1 aromatic heterocycles. The molecule has 1 N–H and O–H groups in total. The molecule has 2 fully saturated rings. The summed E-state index contributed by atoms with van der Waals surface area (Å²) in [6.45, 7) is 10.0. The van der Waals surface area contributed by atoms with E-state index in [1.807, 2.05) is 36.4 Å². The van der Waals surface area contributed by atoms with Crippen molar-refractivity contribution in [2.24, 2.45) is 11.8 Å². The van der Waals surface area contributed by atoms with Crippen molar-refractivity contribution in [3.8, 4) is 5.69 Å². The van der Waals surface area contributed by atoms with Gasteiger partial charge in [0.1, 0.15) is 5.76 Å². The number of carbonyl (C=O) groups excluding carboxylic acids is 1. The van der Waals surface area contributed by atoms with Crippen molar-refractivity contribution in [1.29, 1.82) is 0 Å². The third kappa shape index (κ3) is 4.20. The molecule has 0 saturated carbocycles. The number of nitrogens with one attached hydrogen (secondary N) is 1. The molecule has 2 aromatic rings. The van der Waals surface area contributed by atoms with Crippen LogP contribution >= 0.6 is 0 Å². The monoisotopic (exact) mass is 492 g/mol. The Morgan fingerprint density at radius 1 is 1.14 bits per heavy atom. The first-order valence-electron chi connectivity index (χ1n) is 12.3. The Morgan fingerprint density at radius 2 is 1.81 bits per heavy atom. The average Bonchev–Trinajstić information content (AvgIpc) is 3.51. The summed E-state index contributed by atoms with van der Waals surface area (Å²) >= 11 is 0. The predicted octanol–water partition coefficient (Wildman–Crippen LogP) is 3.93. The van der Waals surface area contributed by atoms with Crippen molar-refractivity contribution >= 4 is 11.7 Å². The van der Waals surface area contributed by atoms with Gasteiger partial charge in [0.15, 0.2) is 5.72 Å². The first-order chi connectivity index (χ1) is 17.2. The highest BCUT2D eigenvalue weighted by Crippen LogP contribution is 2.49. The van der Waals surface area contributed by atoms with E-state index in [9.17, 15) is 14.9 Å². The van der Waals surface area contributed by atoms with Crippen LogP contribution in [0.25, 0.3) is 5.69 Å². The van der Waals surface area contributed by atoms with Gasteiger partial charge in [-0.05, 0) is 50.6 Å². The highest BCUT2D eigenvalue weighted by Gasteiger charge is 2.50. The summed E-state index contributed by atoms with van der Waals surface area (Å²) in [7, 11) is 0. The summed E-state index contributed by atoms with van der Waals surface area (Å²) in [5, 5.41) is 14.7. The minimum absolute atomic E-state index is 0.124. The molecule has 3 aliphatic rings. The number of hydrogen-bond acceptors (Lipinski definition) is 6. The molecule has 1 aliphatic carbocycles. The summed E-state index contributed by atoms with van der Waals surface area (Å²) in [5.41, 5.74) is 2.97. The van der Waals surface area contributed by atoms with Crippen molar-refractivity contribution in [3.05, 3.63) is 75.7 Å². The highest BCUT2D eigenvalue weighted by atomic mass is 16.6.